The fourth-order valence-electron chi connectivity index (χ4n) is 2.45. The molecule has 18 heavy (non-hydrogen) atoms. The number of benzene rings is 1. The fourth-order valence-corrected chi connectivity index (χ4v) is 2.45. The highest BCUT2D eigenvalue weighted by Crippen LogP contribution is 2.34. The third-order valence-electron chi connectivity index (χ3n) is 3.35. The van der Waals surface area contributed by atoms with Gasteiger partial charge in [-0.3, -0.25) is 4.79 Å². The molecule has 0 saturated carbocycles. The van der Waals surface area contributed by atoms with Crippen molar-refractivity contribution in [3.63, 3.8) is 0 Å². The maximum absolute atomic E-state index is 13.9. The third-order valence-corrected chi connectivity index (χ3v) is 3.35. The molecule has 1 heterocycles. The molecule has 1 saturated heterocycles. The predicted octanol–water partition coefficient (Wildman–Crippen LogP) is 2.14. The van der Waals surface area contributed by atoms with Gasteiger partial charge in [-0.05, 0) is 25.0 Å². The Morgan fingerprint density at radius 1 is 1.44 bits per heavy atom. The number of carbonyl (C=O) groups is 1. The largest absolute Gasteiger partial charge is 0.392 e. The van der Waals surface area contributed by atoms with E-state index in [0.29, 0.717) is 13.0 Å². The lowest BCUT2D eigenvalue weighted by molar-refractivity contribution is -0.129. The monoisotopic (exact) mass is 255 g/mol. The number of nitrogens with zero attached hydrogens (tertiary/aromatic N) is 1. The Kier molecular flexibility index (Phi) is 3.61. The molecule has 1 aromatic carbocycles. The van der Waals surface area contributed by atoms with Gasteiger partial charge in [0.05, 0.1) is 12.6 Å². The Balaban J connectivity index is 2.39. The summed E-state index contributed by atoms with van der Waals surface area (Å²) in [5.74, 6) is -1.34. The molecule has 0 bridgehead atoms. The first-order valence-electron chi connectivity index (χ1n) is 5.90. The summed E-state index contributed by atoms with van der Waals surface area (Å²) in [4.78, 5) is 13.0. The van der Waals surface area contributed by atoms with Gasteiger partial charge < -0.3 is 10.0 Å². The van der Waals surface area contributed by atoms with Crippen LogP contribution in [0.4, 0.5) is 8.78 Å². The maximum Gasteiger partial charge on any atom is 0.219 e. The highest BCUT2D eigenvalue weighted by molar-refractivity contribution is 5.74. The van der Waals surface area contributed by atoms with E-state index >= 15 is 0 Å². The minimum Gasteiger partial charge on any atom is -0.392 e. The molecule has 0 aromatic heterocycles. The van der Waals surface area contributed by atoms with Crippen molar-refractivity contribution in [2.24, 2.45) is 0 Å². The van der Waals surface area contributed by atoms with Crippen molar-refractivity contribution in [1.29, 1.82) is 0 Å². The lowest BCUT2D eigenvalue weighted by Gasteiger charge is -2.24. The van der Waals surface area contributed by atoms with Gasteiger partial charge in [0.1, 0.15) is 11.6 Å². The Morgan fingerprint density at radius 3 is 2.78 bits per heavy atom. The second kappa shape index (κ2) is 5.02. The summed E-state index contributed by atoms with van der Waals surface area (Å²) < 4.78 is 27.5. The number of amides is 1. The number of aliphatic hydroxyl groups is 1. The summed E-state index contributed by atoms with van der Waals surface area (Å²) in [5.41, 5.74) is 0.126. The standard InChI is InChI=1S/C13H15F2NO2/c1-8(18)16-4-2-3-13(16)10-6-11(14)9(7-17)5-12(10)15/h5-6,13,17H,2-4,7H2,1H3. The molecule has 1 unspecified atom stereocenters. The van der Waals surface area contributed by atoms with Crippen molar-refractivity contribution in [3.8, 4) is 0 Å². The van der Waals surface area contributed by atoms with Gasteiger partial charge in [-0.1, -0.05) is 0 Å². The molecule has 1 aliphatic heterocycles. The Hall–Kier alpha value is -1.49. The SMILES string of the molecule is CC(=O)N1CCCC1c1cc(F)c(CO)cc1F. The number of hydrogen-bond donors (Lipinski definition) is 1. The molecular formula is C13H15F2NO2. The number of likely N-dealkylation sites (tertiary alicyclic amines) is 1. The van der Waals surface area contributed by atoms with Crippen LogP contribution in [0.15, 0.2) is 12.1 Å². The van der Waals surface area contributed by atoms with Crippen LogP contribution >= 0.6 is 0 Å². The first-order valence-corrected chi connectivity index (χ1v) is 5.90. The summed E-state index contributed by atoms with van der Waals surface area (Å²) in [7, 11) is 0. The lowest BCUT2D eigenvalue weighted by Crippen LogP contribution is -2.28. The Morgan fingerprint density at radius 2 is 2.17 bits per heavy atom. The summed E-state index contributed by atoms with van der Waals surface area (Å²) in [6.07, 6.45) is 1.42. The topological polar surface area (TPSA) is 40.5 Å². The van der Waals surface area contributed by atoms with E-state index in [9.17, 15) is 13.6 Å². The van der Waals surface area contributed by atoms with E-state index in [2.05, 4.69) is 0 Å². The van der Waals surface area contributed by atoms with E-state index in [1.54, 1.807) is 4.90 Å². The average molecular weight is 255 g/mol. The second-order valence-corrected chi connectivity index (χ2v) is 4.49. The number of carbonyl (C=O) groups excluding carboxylic acids is 1. The maximum atomic E-state index is 13.9. The molecule has 1 aliphatic rings. The Bertz CT molecular complexity index is 476. The van der Waals surface area contributed by atoms with Crippen LogP contribution < -0.4 is 0 Å². The summed E-state index contributed by atoms with van der Waals surface area (Å²) in [6.45, 7) is 1.46. The summed E-state index contributed by atoms with van der Waals surface area (Å²) in [5, 5.41) is 8.87. The van der Waals surface area contributed by atoms with E-state index in [1.165, 1.54) is 6.92 Å². The minimum absolute atomic E-state index is 0.0661. The van der Waals surface area contributed by atoms with E-state index in [-0.39, 0.29) is 17.0 Å². The lowest BCUT2D eigenvalue weighted by atomic mass is 10.0. The number of aliphatic hydroxyl groups excluding tert-OH is 1. The van der Waals surface area contributed by atoms with Gasteiger partial charge in [-0.2, -0.15) is 0 Å². The van der Waals surface area contributed by atoms with Gasteiger partial charge >= 0.3 is 0 Å². The third kappa shape index (κ3) is 2.22. The quantitative estimate of drug-likeness (QED) is 0.879. The van der Waals surface area contributed by atoms with Gasteiger partial charge in [-0.15, -0.1) is 0 Å². The van der Waals surface area contributed by atoms with E-state index in [0.717, 1.165) is 18.6 Å². The molecule has 3 nitrogen and oxygen atoms in total. The molecule has 1 N–H and O–H groups in total. The molecule has 1 aromatic rings. The number of hydrogen-bond acceptors (Lipinski definition) is 2. The molecule has 0 spiro atoms. The minimum atomic E-state index is -0.635. The van der Waals surface area contributed by atoms with Crippen molar-refractivity contribution in [3.05, 3.63) is 34.9 Å². The highest BCUT2D eigenvalue weighted by atomic mass is 19.1. The molecule has 1 amide bonds. The van der Waals surface area contributed by atoms with Crippen LogP contribution in [0.3, 0.4) is 0 Å². The zero-order chi connectivity index (χ0) is 13.3. The van der Waals surface area contributed by atoms with Gasteiger partial charge in [0.15, 0.2) is 0 Å². The van der Waals surface area contributed by atoms with E-state index in [1.807, 2.05) is 0 Å². The smallest absolute Gasteiger partial charge is 0.219 e. The molecule has 1 atom stereocenters. The van der Waals surface area contributed by atoms with Crippen molar-refractivity contribution in [1.82, 2.24) is 4.90 Å². The zero-order valence-corrected chi connectivity index (χ0v) is 10.1. The van der Waals surface area contributed by atoms with Crippen LogP contribution in [0.1, 0.15) is 36.9 Å². The molecule has 98 valence electrons. The van der Waals surface area contributed by atoms with Gasteiger partial charge in [0.25, 0.3) is 0 Å². The predicted molar refractivity (Wildman–Crippen MR) is 61.6 cm³/mol. The second-order valence-electron chi connectivity index (χ2n) is 4.49. The average Bonchev–Trinajstić information content (AvgIpc) is 2.80. The summed E-state index contributed by atoms with van der Waals surface area (Å²) >= 11 is 0. The normalized spacial score (nSPS) is 19.3. The molecule has 0 radical (unpaired) electrons. The van der Waals surface area contributed by atoms with Crippen LogP contribution in [0.5, 0.6) is 0 Å². The molecule has 2 rings (SSSR count). The first-order chi connectivity index (χ1) is 8.54. The van der Waals surface area contributed by atoms with E-state index in [4.69, 9.17) is 5.11 Å². The van der Waals surface area contributed by atoms with Gasteiger partial charge in [0.2, 0.25) is 5.91 Å². The molecule has 1 fully saturated rings. The molecular weight excluding hydrogens is 240 g/mol. The molecule has 5 heteroatoms. The first kappa shape index (κ1) is 13.0. The van der Waals surface area contributed by atoms with Crippen LogP contribution in [-0.4, -0.2) is 22.5 Å². The van der Waals surface area contributed by atoms with Gasteiger partial charge in [0, 0.05) is 24.6 Å². The Labute approximate surface area is 104 Å². The zero-order valence-electron chi connectivity index (χ0n) is 10.1. The summed E-state index contributed by atoms with van der Waals surface area (Å²) in [6, 6.07) is 1.69. The van der Waals surface area contributed by atoms with Crippen LogP contribution in [0, 0.1) is 11.6 Å². The van der Waals surface area contributed by atoms with Crippen molar-refractivity contribution in [2.45, 2.75) is 32.4 Å². The van der Waals surface area contributed by atoms with Crippen LogP contribution in [0.25, 0.3) is 0 Å². The van der Waals surface area contributed by atoms with Crippen molar-refractivity contribution < 1.29 is 18.7 Å². The van der Waals surface area contributed by atoms with Gasteiger partial charge in [-0.25, -0.2) is 8.78 Å². The van der Waals surface area contributed by atoms with Crippen LogP contribution in [0.2, 0.25) is 0 Å². The van der Waals surface area contributed by atoms with E-state index < -0.39 is 24.3 Å². The number of rotatable bonds is 2. The molecule has 0 aliphatic carbocycles. The fraction of sp³-hybridized carbons (Fsp3) is 0.462. The van der Waals surface area contributed by atoms with Crippen molar-refractivity contribution in [2.75, 3.05) is 6.54 Å². The van der Waals surface area contributed by atoms with Crippen LogP contribution in [-0.2, 0) is 11.4 Å². The number of halogens is 2. The van der Waals surface area contributed by atoms with Crippen molar-refractivity contribution >= 4 is 5.91 Å². The highest BCUT2D eigenvalue weighted by Gasteiger charge is 2.30.